The maximum absolute atomic E-state index is 13.1. The quantitative estimate of drug-likeness (QED) is 0.614. The third kappa shape index (κ3) is 5.84. The highest BCUT2D eigenvalue weighted by molar-refractivity contribution is 6.01. The van der Waals surface area contributed by atoms with Crippen LogP contribution in [0.2, 0.25) is 0 Å². The number of benzene rings is 2. The number of carbonyl (C=O) groups is 1. The Morgan fingerprint density at radius 2 is 1.90 bits per heavy atom. The number of hydrogen-bond acceptors (Lipinski definition) is 3. The summed E-state index contributed by atoms with van der Waals surface area (Å²) in [7, 11) is 0. The van der Waals surface area contributed by atoms with Crippen LogP contribution in [-0.4, -0.2) is 29.2 Å². The molecular weight excluding hydrogens is 393 g/mol. The summed E-state index contributed by atoms with van der Waals surface area (Å²) in [6, 6.07) is 14.7. The van der Waals surface area contributed by atoms with Crippen molar-refractivity contribution >= 4 is 11.6 Å². The third-order valence-corrected chi connectivity index (χ3v) is 4.83. The van der Waals surface area contributed by atoms with Crippen LogP contribution in [0.1, 0.15) is 43.4 Å². The van der Waals surface area contributed by atoms with Gasteiger partial charge in [-0.15, -0.1) is 0 Å². The van der Waals surface area contributed by atoms with Crippen LogP contribution in [0, 0.1) is 5.92 Å². The molecule has 7 heteroatoms. The molecule has 0 N–H and O–H groups in total. The van der Waals surface area contributed by atoms with Crippen LogP contribution in [-0.2, 0) is 22.4 Å². The lowest BCUT2D eigenvalue weighted by molar-refractivity contribution is -0.137. The van der Waals surface area contributed by atoms with Gasteiger partial charge in [0, 0.05) is 19.4 Å². The third-order valence-electron chi connectivity index (χ3n) is 4.83. The molecule has 1 atom stereocenters. The molecule has 3 rings (SSSR count). The van der Waals surface area contributed by atoms with Gasteiger partial charge in [0.05, 0.1) is 17.8 Å². The summed E-state index contributed by atoms with van der Waals surface area (Å²) in [5.74, 6) is 0.0290. The van der Waals surface area contributed by atoms with Gasteiger partial charge >= 0.3 is 6.18 Å². The van der Waals surface area contributed by atoms with E-state index in [1.54, 1.807) is 11.0 Å². The first-order chi connectivity index (χ1) is 14.2. The van der Waals surface area contributed by atoms with Gasteiger partial charge in [0.15, 0.2) is 6.10 Å². The molecule has 0 spiro atoms. The van der Waals surface area contributed by atoms with Crippen molar-refractivity contribution in [1.82, 2.24) is 4.90 Å². The van der Waals surface area contributed by atoms with Gasteiger partial charge in [-0.2, -0.15) is 13.2 Å². The number of halogens is 3. The number of nitrogens with zero attached hydrogens (tertiary/aromatic N) is 2. The average Bonchev–Trinajstić information content (AvgIpc) is 3.16. The van der Waals surface area contributed by atoms with Crippen molar-refractivity contribution in [2.75, 3.05) is 6.54 Å². The van der Waals surface area contributed by atoms with Crippen molar-refractivity contribution in [3.63, 3.8) is 0 Å². The van der Waals surface area contributed by atoms with E-state index in [1.165, 1.54) is 6.07 Å². The van der Waals surface area contributed by atoms with Gasteiger partial charge in [-0.3, -0.25) is 4.79 Å². The summed E-state index contributed by atoms with van der Waals surface area (Å²) >= 11 is 0. The van der Waals surface area contributed by atoms with E-state index in [-0.39, 0.29) is 31.0 Å². The minimum absolute atomic E-state index is 0.0933. The highest BCUT2D eigenvalue weighted by atomic mass is 19.4. The Morgan fingerprint density at radius 3 is 2.57 bits per heavy atom. The topological polar surface area (TPSA) is 41.9 Å². The van der Waals surface area contributed by atoms with Crippen LogP contribution in [0.4, 0.5) is 13.2 Å². The zero-order valence-electron chi connectivity index (χ0n) is 17.0. The molecule has 2 aromatic rings. The minimum atomic E-state index is -4.42. The van der Waals surface area contributed by atoms with Gasteiger partial charge in [-0.1, -0.05) is 61.5 Å². The fraction of sp³-hybridized carbons (Fsp3) is 0.391. The first kappa shape index (κ1) is 21.9. The smallest absolute Gasteiger partial charge is 0.390 e. The first-order valence-electron chi connectivity index (χ1n) is 9.94. The van der Waals surface area contributed by atoms with Crippen molar-refractivity contribution in [3.8, 4) is 0 Å². The molecule has 0 radical (unpaired) electrons. The molecular formula is C23H25F3N2O2. The summed E-state index contributed by atoms with van der Waals surface area (Å²) < 4.78 is 39.2. The van der Waals surface area contributed by atoms with E-state index in [2.05, 4.69) is 5.16 Å². The number of alkyl halides is 3. The monoisotopic (exact) mass is 418 g/mol. The van der Waals surface area contributed by atoms with E-state index in [0.29, 0.717) is 18.4 Å². The molecule has 0 saturated carbocycles. The van der Waals surface area contributed by atoms with Crippen LogP contribution >= 0.6 is 0 Å². The van der Waals surface area contributed by atoms with E-state index < -0.39 is 11.7 Å². The van der Waals surface area contributed by atoms with Crippen molar-refractivity contribution < 1.29 is 22.8 Å². The van der Waals surface area contributed by atoms with Gasteiger partial charge in [-0.05, 0) is 29.2 Å². The number of amides is 1. The molecule has 160 valence electrons. The van der Waals surface area contributed by atoms with Crippen molar-refractivity contribution in [3.05, 3.63) is 71.3 Å². The average molecular weight is 418 g/mol. The van der Waals surface area contributed by atoms with Crippen LogP contribution in [0.15, 0.2) is 59.8 Å². The Bertz CT molecular complexity index is 895. The van der Waals surface area contributed by atoms with Crippen molar-refractivity contribution in [2.24, 2.45) is 11.1 Å². The van der Waals surface area contributed by atoms with Gasteiger partial charge in [0.1, 0.15) is 0 Å². The number of hydrogen-bond donors (Lipinski definition) is 0. The second-order valence-corrected chi connectivity index (χ2v) is 7.91. The predicted octanol–water partition coefficient (Wildman–Crippen LogP) is 5.27. The standard InChI is InChI=1S/C23H25F3N2O2/c1-16(2)11-22(29)28(14-17-7-6-10-19(12-17)23(24,25)26)15-20-13-21(27-30-20)18-8-4-3-5-9-18/h3-10,12,16,20H,11,13-15H2,1-2H3. The van der Waals surface area contributed by atoms with E-state index in [1.807, 2.05) is 44.2 Å². The zero-order valence-corrected chi connectivity index (χ0v) is 17.0. The van der Waals surface area contributed by atoms with Crippen LogP contribution in [0.5, 0.6) is 0 Å². The SMILES string of the molecule is CC(C)CC(=O)N(Cc1cccc(C(F)(F)F)c1)CC1CC(c2ccccc2)=NO1. The molecule has 1 heterocycles. The highest BCUT2D eigenvalue weighted by Gasteiger charge is 2.31. The van der Waals surface area contributed by atoms with E-state index in [9.17, 15) is 18.0 Å². The first-order valence-corrected chi connectivity index (χ1v) is 9.94. The second-order valence-electron chi connectivity index (χ2n) is 7.91. The number of oxime groups is 1. The summed E-state index contributed by atoms with van der Waals surface area (Å²) in [5.41, 5.74) is 1.47. The van der Waals surface area contributed by atoms with Crippen LogP contribution in [0.25, 0.3) is 0 Å². The summed E-state index contributed by atoms with van der Waals surface area (Å²) in [6.45, 7) is 4.23. The normalized spacial score (nSPS) is 16.3. The molecule has 0 aliphatic carbocycles. The van der Waals surface area contributed by atoms with Gasteiger partial charge in [0.2, 0.25) is 5.91 Å². The fourth-order valence-corrected chi connectivity index (χ4v) is 3.37. The van der Waals surface area contributed by atoms with Crippen LogP contribution < -0.4 is 0 Å². The molecule has 2 aromatic carbocycles. The van der Waals surface area contributed by atoms with Crippen molar-refractivity contribution in [1.29, 1.82) is 0 Å². The number of rotatable bonds is 7. The van der Waals surface area contributed by atoms with E-state index in [4.69, 9.17) is 4.84 Å². The van der Waals surface area contributed by atoms with Gasteiger partial charge in [0.25, 0.3) is 0 Å². The fourth-order valence-electron chi connectivity index (χ4n) is 3.37. The molecule has 0 fully saturated rings. The summed E-state index contributed by atoms with van der Waals surface area (Å²) in [5, 5.41) is 4.14. The Balaban J connectivity index is 1.72. The van der Waals surface area contributed by atoms with E-state index in [0.717, 1.165) is 23.4 Å². The molecule has 4 nitrogen and oxygen atoms in total. The van der Waals surface area contributed by atoms with Crippen LogP contribution in [0.3, 0.4) is 0 Å². The number of carbonyl (C=O) groups excluding carboxylic acids is 1. The lowest BCUT2D eigenvalue weighted by Crippen LogP contribution is -2.37. The zero-order chi connectivity index (χ0) is 21.7. The van der Waals surface area contributed by atoms with Gasteiger partial charge < -0.3 is 9.74 Å². The summed E-state index contributed by atoms with van der Waals surface area (Å²) in [4.78, 5) is 19.9. The minimum Gasteiger partial charge on any atom is -0.390 e. The Labute approximate surface area is 174 Å². The molecule has 0 bridgehead atoms. The van der Waals surface area contributed by atoms with E-state index >= 15 is 0 Å². The van der Waals surface area contributed by atoms with Crippen molar-refractivity contribution in [2.45, 2.75) is 45.5 Å². The Hall–Kier alpha value is -2.83. The Morgan fingerprint density at radius 1 is 1.17 bits per heavy atom. The molecule has 1 amide bonds. The maximum atomic E-state index is 13.1. The lowest BCUT2D eigenvalue weighted by Gasteiger charge is -2.26. The molecule has 1 aliphatic heterocycles. The highest BCUT2D eigenvalue weighted by Crippen LogP contribution is 2.30. The maximum Gasteiger partial charge on any atom is 0.416 e. The molecule has 1 unspecified atom stereocenters. The molecule has 0 aromatic heterocycles. The predicted molar refractivity (Wildman–Crippen MR) is 109 cm³/mol. The Kier molecular flexibility index (Phi) is 6.80. The van der Waals surface area contributed by atoms with Gasteiger partial charge in [-0.25, -0.2) is 0 Å². The molecule has 1 aliphatic rings. The lowest BCUT2D eigenvalue weighted by atomic mass is 10.0. The largest absolute Gasteiger partial charge is 0.416 e. The summed E-state index contributed by atoms with van der Waals surface area (Å²) in [6.07, 6.45) is -3.89. The molecule has 0 saturated heterocycles. The second kappa shape index (κ2) is 9.32. The molecule has 30 heavy (non-hydrogen) atoms.